The van der Waals surface area contributed by atoms with Gasteiger partial charge in [0.25, 0.3) is 0 Å². The first-order chi connectivity index (χ1) is 30.4. The monoisotopic (exact) mass is 907 g/mol. The van der Waals surface area contributed by atoms with Crippen LogP contribution in [0.25, 0.3) is 0 Å². The fourth-order valence-corrected chi connectivity index (χ4v) is 5.71. The summed E-state index contributed by atoms with van der Waals surface area (Å²) in [4.78, 5) is 62.4. The molecule has 0 heterocycles. The summed E-state index contributed by atoms with van der Waals surface area (Å²) in [6, 6.07) is 6.05. The molecule has 64 heavy (non-hydrogen) atoms. The summed E-state index contributed by atoms with van der Waals surface area (Å²) in [5.74, 6) is 5.95. The average Bonchev–Trinajstić information content (AvgIpc) is 4.01. The minimum absolute atomic E-state index is 0.0275. The Morgan fingerprint density at radius 2 is 1.50 bits per heavy atom. The number of nitrogens with zero attached hydrogens (tertiary/aromatic N) is 2. The zero-order chi connectivity index (χ0) is 48.5. The normalized spacial score (nSPS) is 16.6. The second-order valence-corrected chi connectivity index (χ2v) is 15.6. The number of unbranched alkanes of at least 4 members (excludes halogenated alkanes) is 1. The minimum Gasteiger partial charge on any atom is -0.470 e. The minimum atomic E-state index is -0.872. The first-order valence-corrected chi connectivity index (χ1v) is 22.1. The number of methoxy groups -OCH3 is 1. The molecule has 3 rings (SSSR count). The molecule has 3 unspecified atom stereocenters. The van der Waals surface area contributed by atoms with Crippen molar-refractivity contribution in [3.63, 3.8) is 0 Å². The number of allylic oxidation sites excluding steroid dienone is 2. The highest BCUT2D eigenvalue weighted by molar-refractivity contribution is 6.55. The van der Waals surface area contributed by atoms with Crippen LogP contribution in [0.5, 0.6) is 0 Å². The number of hydrogen-bond acceptors (Lipinski definition) is 16. The molecule has 0 saturated heterocycles. The molecule has 0 aromatic heterocycles. The predicted molar refractivity (Wildman–Crippen MR) is 248 cm³/mol. The van der Waals surface area contributed by atoms with Gasteiger partial charge in [-0.3, -0.25) is 14.4 Å². The van der Waals surface area contributed by atoms with Crippen LogP contribution < -0.4 is 44.3 Å². The number of anilines is 1. The van der Waals surface area contributed by atoms with Crippen molar-refractivity contribution in [2.24, 2.45) is 40.8 Å². The van der Waals surface area contributed by atoms with Crippen molar-refractivity contribution in [2.45, 2.75) is 105 Å². The summed E-state index contributed by atoms with van der Waals surface area (Å²) in [5, 5.41) is 13.3. The first kappa shape index (κ1) is 59.3. The highest BCUT2D eigenvalue weighted by Gasteiger charge is 2.37. The molecular weight excluding hydrogens is 827 g/mol. The number of ether oxygens (including phenoxy) is 4. The summed E-state index contributed by atoms with van der Waals surface area (Å²) in [6.07, 6.45) is 7.26. The summed E-state index contributed by atoms with van der Waals surface area (Å²) < 4.78 is 19.2. The van der Waals surface area contributed by atoms with E-state index in [1.165, 1.54) is 50.0 Å². The van der Waals surface area contributed by atoms with Crippen LogP contribution in [0.3, 0.4) is 0 Å². The molecule has 0 bridgehead atoms. The van der Waals surface area contributed by atoms with Gasteiger partial charge in [-0.05, 0) is 101 Å². The zero-order valence-corrected chi connectivity index (χ0v) is 39.6. The van der Waals surface area contributed by atoms with E-state index in [2.05, 4.69) is 51.5 Å². The Hall–Kier alpha value is -4.67. The number of alkyl carbamates (subject to hydrolysis) is 1. The predicted octanol–water partition coefficient (Wildman–Crippen LogP) is 3.19. The van der Waals surface area contributed by atoms with E-state index in [0.29, 0.717) is 63.4 Å². The number of nitrogens with one attached hydrogen (secondary N) is 4. The van der Waals surface area contributed by atoms with Gasteiger partial charge in [0.15, 0.2) is 0 Å². The second kappa shape index (κ2) is 35.7. The van der Waals surface area contributed by atoms with Gasteiger partial charge in [-0.25, -0.2) is 15.4 Å². The van der Waals surface area contributed by atoms with E-state index < -0.39 is 35.9 Å². The Kier molecular flexibility index (Phi) is 33.1. The van der Waals surface area contributed by atoms with Crippen molar-refractivity contribution < 1.29 is 47.8 Å². The number of hydrazine groups is 1. The molecule has 0 spiro atoms. The number of carbonyl (C=O) groups is 5. The molecule has 1 fully saturated rings. The van der Waals surface area contributed by atoms with Gasteiger partial charge >= 0.3 is 12.2 Å². The van der Waals surface area contributed by atoms with Crippen LogP contribution in [0.4, 0.5) is 20.1 Å². The molecule has 4 amide bonds. The standard InChI is InChI=1S/C19H27BN4O6.C12H23N3.C8H18N2O4.C4H11N/c1-5-24(4)30-19(28)23-16(12(2)3)17(26)21-10-15(25)22-14-8-6-13(7-9-14)11-29-18(20)27;1-8(2)15(14)12-6-4-10-7-9(10)3-5-11(12)13;1-12-8(11)10-3-5-14-7-6-13-4-2-9;1-2-3-4-5/h6-9,12,16H,5,10-11H2,1-4H3,(H,21,26)(H,22,25)(H,23,28);8-10H,3-7,13-14H2,1-2H3;2-7,9H2,1H3,(H,10,11);2-5H2,1H3/b;12-11-;;. The van der Waals surface area contributed by atoms with E-state index >= 15 is 0 Å². The molecule has 2 aliphatic carbocycles. The largest absolute Gasteiger partial charge is 0.470 e. The Morgan fingerprint density at radius 1 is 0.875 bits per heavy atom. The molecule has 1 saturated carbocycles. The topological polar surface area (TPSA) is 290 Å². The van der Waals surface area contributed by atoms with E-state index in [1.807, 2.05) is 5.01 Å². The Labute approximate surface area is 382 Å². The third-order valence-corrected chi connectivity index (χ3v) is 9.69. The molecular formula is C43H79BN10O10. The molecule has 0 aliphatic heterocycles. The third kappa shape index (κ3) is 28.9. The smallest absolute Gasteiger partial charge is 0.426 e. The molecule has 1 aromatic carbocycles. The van der Waals surface area contributed by atoms with Crippen molar-refractivity contribution in [3.8, 4) is 0 Å². The van der Waals surface area contributed by atoms with E-state index in [9.17, 15) is 24.0 Å². The van der Waals surface area contributed by atoms with Crippen molar-refractivity contribution in [1.82, 2.24) is 26.0 Å². The number of benzene rings is 1. The van der Waals surface area contributed by atoms with Gasteiger partial charge in [-0.2, -0.15) is 0 Å². The number of rotatable bonds is 22. The number of carbonyl (C=O) groups excluding carboxylic acids is 5. The Bertz CT molecular complexity index is 1500. The van der Waals surface area contributed by atoms with E-state index in [4.69, 9.17) is 45.2 Å². The fourth-order valence-electron chi connectivity index (χ4n) is 5.71. The molecule has 1 aromatic rings. The van der Waals surface area contributed by atoms with Crippen LogP contribution in [-0.4, -0.2) is 133 Å². The maximum Gasteiger partial charge on any atom is 0.426 e. The van der Waals surface area contributed by atoms with Gasteiger partial charge < -0.3 is 67.3 Å². The lowest BCUT2D eigenvalue weighted by molar-refractivity contribution is -0.127. The number of nitrogens with two attached hydrogens (primary N) is 4. The van der Waals surface area contributed by atoms with Crippen LogP contribution in [0.1, 0.15) is 92.1 Å². The van der Waals surface area contributed by atoms with Crippen molar-refractivity contribution in [1.29, 1.82) is 0 Å². The molecule has 364 valence electrons. The van der Waals surface area contributed by atoms with Crippen molar-refractivity contribution in [3.05, 3.63) is 41.2 Å². The number of fused-ring (bicyclic) bond motifs is 1. The molecule has 2 radical (unpaired) electrons. The van der Waals surface area contributed by atoms with Gasteiger partial charge in [-0.1, -0.05) is 39.3 Å². The van der Waals surface area contributed by atoms with Crippen molar-refractivity contribution in [2.75, 3.05) is 78.6 Å². The zero-order valence-electron chi connectivity index (χ0n) is 39.6. The molecule has 12 N–H and O–H groups in total. The van der Waals surface area contributed by atoms with E-state index in [-0.39, 0.29) is 19.1 Å². The maximum absolute atomic E-state index is 12.4. The number of hydrogen-bond donors (Lipinski definition) is 8. The second-order valence-electron chi connectivity index (χ2n) is 15.6. The lowest BCUT2D eigenvalue weighted by atomic mass is 10.0. The molecule has 3 atom stereocenters. The quantitative estimate of drug-likeness (QED) is 0.0359. The Morgan fingerprint density at radius 3 is 2.02 bits per heavy atom. The fraction of sp³-hybridized carbons (Fsp3) is 0.698. The highest BCUT2D eigenvalue weighted by Crippen LogP contribution is 2.47. The highest BCUT2D eigenvalue weighted by atomic mass is 16.7. The van der Waals surface area contributed by atoms with Gasteiger partial charge in [0.2, 0.25) is 25.5 Å². The summed E-state index contributed by atoms with van der Waals surface area (Å²) in [7, 11) is 7.81. The third-order valence-electron chi connectivity index (χ3n) is 9.69. The summed E-state index contributed by atoms with van der Waals surface area (Å²) in [6.45, 7) is 15.7. The van der Waals surface area contributed by atoms with Crippen LogP contribution in [0.15, 0.2) is 35.7 Å². The molecule has 20 nitrogen and oxygen atoms in total. The SMILES string of the molecule is CC(C)N(N)/C1=C(\N)CCC2CC2CC1.CCCCN.COC(=O)NCCOCCOCCN.[B]C(=O)OCc1ccc(NC(=O)CNC(=O)C(NC(=O)ON(C)CC)C(C)C)cc1. The van der Waals surface area contributed by atoms with E-state index in [0.717, 1.165) is 36.9 Å². The van der Waals surface area contributed by atoms with Gasteiger partial charge in [0.1, 0.15) is 12.6 Å². The van der Waals surface area contributed by atoms with Crippen LogP contribution in [0, 0.1) is 17.8 Å². The van der Waals surface area contributed by atoms with Crippen LogP contribution in [0.2, 0.25) is 0 Å². The van der Waals surface area contributed by atoms with Gasteiger partial charge in [0, 0.05) is 49.8 Å². The Balaban J connectivity index is 0.000000968. The van der Waals surface area contributed by atoms with Crippen molar-refractivity contribution >= 4 is 43.4 Å². The first-order valence-electron chi connectivity index (χ1n) is 22.1. The lowest BCUT2D eigenvalue weighted by Crippen LogP contribution is -2.51. The summed E-state index contributed by atoms with van der Waals surface area (Å²) >= 11 is 0. The number of amides is 4. The average molecular weight is 907 g/mol. The van der Waals surface area contributed by atoms with Gasteiger partial charge in [-0.15, -0.1) is 5.06 Å². The number of hydroxylamine groups is 2. The molecule has 21 heteroatoms. The van der Waals surface area contributed by atoms with Crippen LogP contribution in [-0.2, 0) is 40.0 Å². The maximum atomic E-state index is 12.4. The van der Waals surface area contributed by atoms with Crippen LogP contribution >= 0.6 is 0 Å². The lowest BCUT2D eigenvalue weighted by Gasteiger charge is -2.28. The van der Waals surface area contributed by atoms with E-state index in [1.54, 1.807) is 52.1 Å². The summed E-state index contributed by atoms with van der Waals surface area (Å²) in [5.41, 5.74) is 19.9. The molecule has 2 aliphatic rings. The van der Waals surface area contributed by atoms with Gasteiger partial charge in [0.05, 0.1) is 40.1 Å².